The first-order valence-corrected chi connectivity index (χ1v) is 5.95. The van der Waals surface area contributed by atoms with Crippen LogP contribution in [0.4, 0.5) is 0 Å². The van der Waals surface area contributed by atoms with Gasteiger partial charge in [0.25, 0.3) is 0 Å². The zero-order valence-electron chi connectivity index (χ0n) is 9.72. The monoisotopic (exact) mass is 261 g/mol. The number of benzene rings is 1. The van der Waals surface area contributed by atoms with Crippen LogP contribution < -0.4 is 5.32 Å². The molecule has 1 aromatic rings. The fourth-order valence-corrected chi connectivity index (χ4v) is 1.89. The molecule has 0 bridgehead atoms. The molecule has 1 atom stereocenters. The van der Waals surface area contributed by atoms with E-state index in [2.05, 4.69) is 5.32 Å². The molecular formula is C12H17Cl2NO. The summed E-state index contributed by atoms with van der Waals surface area (Å²) in [5.74, 6) is 0. The van der Waals surface area contributed by atoms with Crippen LogP contribution in [0.2, 0.25) is 10.0 Å². The van der Waals surface area contributed by atoms with Crippen molar-refractivity contribution in [1.82, 2.24) is 5.32 Å². The highest BCUT2D eigenvalue weighted by Gasteiger charge is 2.14. The lowest BCUT2D eigenvalue weighted by Gasteiger charge is -2.22. The van der Waals surface area contributed by atoms with Crippen LogP contribution in [-0.2, 0) is 0 Å². The van der Waals surface area contributed by atoms with E-state index in [-0.39, 0.29) is 6.04 Å². The molecule has 4 heteroatoms. The van der Waals surface area contributed by atoms with E-state index in [1.165, 1.54) is 0 Å². The first kappa shape index (κ1) is 13.8. The third-order valence-corrected chi connectivity index (χ3v) is 2.66. The normalized spacial score (nSPS) is 13.9. The number of hydrogen-bond donors (Lipinski definition) is 2. The highest BCUT2D eigenvalue weighted by atomic mass is 35.5. The first-order valence-electron chi connectivity index (χ1n) is 5.20. The molecule has 90 valence electrons. The molecule has 16 heavy (non-hydrogen) atoms. The Kier molecular flexibility index (Phi) is 4.62. The van der Waals surface area contributed by atoms with E-state index in [1.54, 1.807) is 19.9 Å². The zero-order chi connectivity index (χ0) is 12.3. The third-order valence-electron chi connectivity index (χ3n) is 2.23. The maximum absolute atomic E-state index is 9.61. The van der Waals surface area contributed by atoms with Gasteiger partial charge in [-0.3, -0.25) is 0 Å². The van der Waals surface area contributed by atoms with Crippen LogP contribution in [0.25, 0.3) is 0 Å². The van der Waals surface area contributed by atoms with Gasteiger partial charge in [0.15, 0.2) is 0 Å². The average molecular weight is 262 g/mol. The summed E-state index contributed by atoms with van der Waals surface area (Å²) in [6, 6.07) is 5.54. The second-order valence-electron chi connectivity index (χ2n) is 4.62. The zero-order valence-corrected chi connectivity index (χ0v) is 11.2. The summed E-state index contributed by atoms with van der Waals surface area (Å²) in [5.41, 5.74) is 0.290. The predicted octanol–water partition coefficient (Wildman–Crippen LogP) is 3.41. The van der Waals surface area contributed by atoms with Gasteiger partial charge in [-0.25, -0.2) is 0 Å². The van der Waals surface area contributed by atoms with Gasteiger partial charge in [0.05, 0.1) is 5.60 Å². The summed E-state index contributed by atoms with van der Waals surface area (Å²) >= 11 is 11.8. The van der Waals surface area contributed by atoms with Crippen LogP contribution in [-0.4, -0.2) is 17.3 Å². The van der Waals surface area contributed by atoms with Crippen LogP contribution in [0.3, 0.4) is 0 Å². The standard InChI is InChI=1S/C12H17Cl2NO/c1-8(15-7-12(2,3)16)9-4-10(13)6-11(14)5-9/h4-6,8,15-16H,7H2,1-3H3. The Morgan fingerprint density at radius 2 is 1.75 bits per heavy atom. The summed E-state index contributed by atoms with van der Waals surface area (Å²) < 4.78 is 0. The SMILES string of the molecule is CC(NCC(C)(C)O)c1cc(Cl)cc(Cl)c1. The van der Waals surface area contributed by atoms with Gasteiger partial charge in [-0.15, -0.1) is 0 Å². The predicted molar refractivity (Wildman–Crippen MR) is 69.2 cm³/mol. The van der Waals surface area contributed by atoms with Crippen molar-refractivity contribution < 1.29 is 5.11 Å². The van der Waals surface area contributed by atoms with Gasteiger partial charge >= 0.3 is 0 Å². The molecule has 0 heterocycles. The van der Waals surface area contributed by atoms with Gasteiger partial charge in [0.2, 0.25) is 0 Å². The molecule has 2 N–H and O–H groups in total. The lowest BCUT2D eigenvalue weighted by molar-refractivity contribution is 0.0770. The molecule has 2 nitrogen and oxygen atoms in total. The Morgan fingerprint density at radius 1 is 1.25 bits per heavy atom. The lowest BCUT2D eigenvalue weighted by atomic mass is 10.1. The van der Waals surface area contributed by atoms with Crippen LogP contribution >= 0.6 is 23.2 Å². The minimum absolute atomic E-state index is 0.0997. The van der Waals surface area contributed by atoms with Crippen molar-refractivity contribution in [1.29, 1.82) is 0 Å². The van der Waals surface area contributed by atoms with E-state index in [0.29, 0.717) is 16.6 Å². The van der Waals surface area contributed by atoms with E-state index < -0.39 is 5.60 Å². The van der Waals surface area contributed by atoms with E-state index in [1.807, 2.05) is 19.1 Å². The van der Waals surface area contributed by atoms with Crippen molar-refractivity contribution >= 4 is 23.2 Å². The van der Waals surface area contributed by atoms with Gasteiger partial charge in [-0.05, 0) is 44.5 Å². The fraction of sp³-hybridized carbons (Fsp3) is 0.500. The van der Waals surface area contributed by atoms with Crippen molar-refractivity contribution in [2.75, 3.05) is 6.54 Å². The molecule has 1 aromatic carbocycles. The minimum atomic E-state index is -0.726. The second-order valence-corrected chi connectivity index (χ2v) is 5.49. The summed E-state index contributed by atoms with van der Waals surface area (Å²) in [4.78, 5) is 0. The molecule has 0 aliphatic heterocycles. The molecule has 0 saturated heterocycles. The van der Waals surface area contributed by atoms with Crippen LogP contribution in [0, 0.1) is 0 Å². The number of rotatable bonds is 4. The van der Waals surface area contributed by atoms with Crippen molar-refractivity contribution in [2.45, 2.75) is 32.4 Å². The molecule has 0 aromatic heterocycles. The van der Waals surface area contributed by atoms with Gasteiger partial charge in [0.1, 0.15) is 0 Å². The van der Waals surface area contributed by atoms with Crippen molar-refractivity contribution in [3.8, 4) is 0 Å². The van der Waals surface area contributed by atoms with E-state index in [9.17, 15) is 5.11 Å². The highest BCUT2D eigenvalue weighted by Crippen LogP contribution is 2.23. The summed E-state index contributed by atoms with van der Waals surface area (Å²) in [7, 11) is 0. The molecule has 0 spiro atoms. The van der Waals surface area contributed by atoms with Crippen LogP contribution in [0.5, 0.6) is 0 Å². The maximum Gasteiger partial charge on any atom is 0.0715 e. The van der Waals surface area contributed by atoms with Crippen molar-refractivity contribution in [3.05, 3.63) is 33.8 Å². The maximum atomic E-state index is 9.61. The molecule has 0 fully saturated rings. The Labute approximate surface area is 107 Å². The molecule has 0 aliphatic rings. The number of aliphatic hydroxyl groups is 1. The van der Waals surface area contributed by atoms with Crippen molar-refractivity contribution in [2.24, 2.45) is 0 Å². The summed E-state index contributed by atoms with van der Waals surface area (Å²) in [6.45, 7) is 6.04. The Morgan fingerprint density at radius 3 is 2.19 bits per heavy atom. The van der Waals surface area contributed by atoms with Gasteiger partial charge in [0, 0.05) is 22.6 Å². The molecule has 0 radical (unpaired) electrons. The van der Waals surface area contributed by atoms with Crippen LogP contribution in [0.15, 0.2) is 18.2 Å². The van der Waals surface area contributed by atoms with E-state index in [4.69, 9.17) is 23.2 Å². The topological polar surface area (TPSA) is 32.3 Å². The summed E-state index contributed by atoms with van der Waals surface area (Å²) in [6.07, 6.45) is 0. The van der Waals surface area contributed by atoms with Gasteiger partial charge in [-0.2, -0.15) is 0 Å². The smallest absolute Gasteiger partial charge is 0.0715 e. The minimum Gasteiger partial charge on any atom is -0.389 e. The van der Waals surface area contributed by atoms with E-state index in [0.717, 1.165) is 5.56 Å². The molecule has 0 saturated carbocycles. The Hall–Kier alpha value is -0.280. The van der Waals surface area contributed by atoms with Gasteiger partial charge < -0.3 is 10.4 Å². The number of hydrogen-bond acceptors (Lipinski definition) is 2. The molecule has 0 aliphatic carbocycles. The Bertz CT molecular complexity index is 340. The lowest BCUT2D eigenvalue weighted by Crippen LogP contribution is -2.36. The molecule has 1 unspecified atom stereocenters. The molecular weight excluding hydrogens is 245 g/mol. The Balaban J connectivity index is 2.69. The highest BCUT2D eigenvalue weighted by molar-refractivity contribution is 6.34. The summed E-state index contributed by atoms with van der Waals surface area (Å²) in [5, 5.41) is 14.1. The third kappa shape index (κ3) is 4.71. The molecule has 0 amide bonds. The van der Waals surface area contributed by atoms with Crippen molar-refractivity contribution in [3.63, 3.8) is 0 Å². The van der Waals surface area contributed by atoms with Gasteiger partial charge in [-0.1, -0.05) is 23.2 Å². The average Bonchev–Trinajstić information content (AvgIpc) is 2.11. The second kappa shape index (κ2) is 5.37. The quantitative estimate of drug-likeness (QED) is 0.871. The fourth-order valence-electron chi connectivity index (χ4n) is 1.35. The number of halogens is 2. The van der Waals surface area contributed by atoms with E-state index >= 15 is 0 Å². The van der Waals surface area contributed by atoms with Crippen LogP contribution in [0.1, 0.15) is 32.4 Å². The first-order chi connectivity index (χ1) is 7.28. The largest absolute Gasteiger partial charge is 0.389 e. The number of nitrogens with one attached hydrogen (secondary N) is 1. The molecule has 1 rings (SSSR count).